The van der Waals surface area contributed by atoms with Gasteiger partial charge in [0.15, 0.2) is 5.43 Å². The van der Waals surface area contributed by atoms with Gasteiger partial charge in [-0.25, -0.2) is 0 Å². The number of nitrogen functional groups attached to an aromatic ring is 1. The van der Waals surface area contributed by atoms with Gasteiger partial charge in [0.2, 0.25) is 0 Å². The molecule has 5 heteroatoms. The number of anilines is 1. The van der Waals surface area contributed by atoms with Crippen molar-refractivity contribution >= 4 is 11.6 Å². The van der Waals surface area contributed by atoms with E-state index in [9.17, 15) is 9.59 Å². The van der Waals surface area contributed by atoms with Crippen LogP contribution < -0.4 is 16.5 Å². The predicted molar refractivity (Wildman–Crippen MR) is 73.8 cm³/mol. The maximum atomic E-state index is 12.0. The first-order chi connectivity index (χ1) is 9.08. The molecule has 2 aromatic rings. The minimum absolute atomic E-state index is 0.0956. The summed E-state index contributed by atoms with van der Waals surface area (Å²) in [5.41, 5.74) is 7.01. The molecule has 0 radical (unpaired) electrons. The SMILES string of the molecule is CC(NC(=O)c1c[nH]ccc1=O)c1cccc(N)c1. The molecule has 1 aromatic carbocycles. The maximum absolute atomic E-state index is 12.0. The van der Waals surface area contributed by atoms with Crippen LogP contribution in [0.15, 0.2) is 47.5 Å². The fraction of sp³-hybridized carbons (Fsp3) is 0.143. The molecule has 0 aliphatic heterocycles. The first-order valence-electron chi connectivity index (χ1n) is 5.91. The third-order valence-corrected chi connectivity index (χ3v) is 2.83. The molecule has 5 nitrogen and oxygen atoms in total. The molecule has 19 heavy (non-hydrogen) atoms. The number of benzene rings is 1. The molecule has 1 heterocycles. The molecule has 4 N–H and O–H groups in total. The van der Waals surface area contributed by atoms with E-state index in [-0.39, 0.29) is 17.0 Å². The summed E-state index contributed by atoms with van der Waals surface area (Å²) in [6.07, 6.45) is 2.88. The van der Waals surface area contributed by atoms with Crippen LogP contribution in [-0.4, -0.2) is 10.9 Å². The summed E-state index contributed by atoms with van der Waals surface area (Å²) >= 11 is 0. The van der Waals surface area contributed by atoms with Crippen LogP contribution in [0.1, 0.15) is 28.9 Å². The Bertz CT molecular complexity index is 649. The van der Waals surface area contributed by atoms with E-state index in [1.165, 1.54) is 18.5 Å². The second-order valence-corrected chi connectivity index (χ2v) is 4.29. The van der Waals surface area contributed by atoms with E-state index in [4.69, 9.17) is 5.73 Å². The lowest BCUT2D eigenvalue weighted by molar-refractivity contribution is 0.0938. The quantitative estimate of drug-likeness (QED) is 0.727. The maximum Gasteiger partial charge on any atom is 0.257 e. The van der Waals surface area contributed by atoms with Gasteiger partial charge in [-0.3, -0.25) is 9.59 Å². The van der Waals surface area contributed by atoms with Gasteiger partial charge in [-0.05, 0) is 24.6 Å². The van der Waals surface area contributed by atoms with Crippen LogP contribution >= 0.6 is 0 Å². The molecule has 1 unspecified atom stereocenters. The van der Waals surface area contributed by atoms with Crippen molar-refractivity contribution in [2.24, 2.45) is 0 Å². The highest BCUT2D eigenvalue weighted by molar-refractivity contribution is 5.93. The number of rotatable bonds is 3. The average Bonchev–Trinajstić information content (AvgIpc) is 2.39. The number of nitrogens with two attached hydrogens (primary N) is 1. The van der Waals surface area contributed by atoms with Crippen molar-refractivity contribution in [2.45, 2.75) is 13.0 Å². The van der Waals surface area contributed by atoms with Gasteiger partial charge in [0.05, 0.1) is 6.04 Å². The van der Waals surface area contributed by atoms with E-state index < -0.39 is 5.91 Å². The molecule has 0 aliphatic rings. The van der Waals surface area contributed by atoms with Gasteiger partial charge in [0.1, 0.15) is 5.56 Å². The van der Waals surface area contributed by atoms with Crippen molar-refractivity contribution in [3.05, 3.63) is 64.1 Å². The summed E-state index contributed by atoms with van der Waals surface area (Å²) in [6.45, 7) is 1.84. The van der Waals surface area contributed by atoms with E-state index in [2.05, 4.69) is 10.3 Å². The number of hydrogen-bond donors (Lipinski definition) is 3. The lowest BCUT2D eigenvalue weighted by atomic mass is 10.1. The van der Waals surface area contributed by atoms with Gasteiger partial charge >= 0.3 is 0 Å². The molecule has 98 valence electrons. The molecule has 0 saturated carbocycles. The molecular formula is C14H15N3O2. The molecule has 0 saturated heterocycles. The Kier molecular flexibility index (Phi) is 3.66. The van der Waals surface area contributed by atoms with Crippen LogP contribution in [0.4, 0.5) is 5.69 Å². The van der Waals surface area contributed by atoms with Crippen molar-refractivity contribution in [1.82, 2.24) is 10.3 Å². The summed E-state index contributed by atoms with van der Waals surface area (Å²) in [7, 11) is 0. The van der Waals surface area contributed by atoms with Gasteiger partial charge in [-0.15, -0.1) is 0 Å². The number of H-pyrrole nitrogens is 1. The van der Waals surface area contributed by atoms with Crippen molar-refractivity contribution in [2.75, 3.05) is 5.73 Å². The summed E-state index contributed by atoms with van der Waals surface area (Å²) in [4.78, 5) is 26.2. The lowest BCUT2D eigenvalue weighted by Gasteiger charge is -2.14. The third kappa shape index (κ3) is 3.01. The van der Waals surface area contributed by atoms with E-state index in [1.54, 1.807) is 12.1 Å². The van der Waals surface area contributed by atoms with Crippen LogP contribution in [0.5, 0.6) is 0 Å². The summed E-state index contributed by atoms with van der Waals surface area (Å²) in [5.74, 6) is -0.406. The minimum atomic E-state index is -0.406. The van der Waals surface area contributed by atoms with E-state index in [0.29, 0.717) is 5.69 Å². The van der Waals surface area contributed by atoms with E-state index in [0.717, 1.165) is 5.56 Å². The number of nitrogens with one attached hydrogen (secondary N) is 2. The number of aromatic nitrogens is 1. The Labute approximate surface area is 110 Å². The molecule has 0 spiro atoms. The number of amides is 1. The summed E-state index contributed by atoms with van der Waals surface area (Å²) < 4.78 is 0. The Morgan fingerprint density at radius 1 is 1.37 bits per heavy atom. The lowest BCUT2D eigenvalue weighted by Crippen LogP contribution is -2.30. The zero-order chi connectivity index (χ0) is 13.8. The zero-order valence-corrected chi connectivity index (χ0v) is 10.5. The van der Waals surface area contributed by atoms with Crippen molar-refractivity contribution in [3.63, 3.8) is 0 Å². The fourth-order valence-corrected chi connectivity index (χ4v) is 1.78. The zero-order valence-electron chi connectivity index (χ0n) is 10.5. The van der Waals surface area contributed by atoms with Crippen LogP contribution in [0, 0.1) is 0 Å². The Morgan fingerprint density at radius 2 is 2.16 bits per heavy atom. The summed E-state index contributed by atoms with van der Waals surface area (Å²) in [6, 6.07) is 8.36. The predicted octanol–water partition coefficient (Wildman–Crippen LogP) is 1.45. The molecular weight excluding hydrogens is 242 g/mol. The van der Waals surface area contributed by atoms with Gasteiger partial charge in [-0.1, -0.05) is 12.1 Å². The van der Waals surface area contributed by atoms with Gasteiger partial charge in [-0.2, -0.15) is 0 Å². The molecule has 2 rings (SSSR count). The van der Waals surface area contributed by atoms with Gasteiger partial charge in [0, 0.05) is 24.1 Å². The van der Waals surface area contributed by atoms with Crippen molar-refractivity contribution in [1.29, 1.82) is 0 Å². The van der Waals surface area contributed by atoms with Crippen molar-refractivity contribution in [3.8, 4) is 0 Å². The van der Waals surface area contributed by atoms with Gasteiger partial charge in [0.25, 0.3) is 5.91 Å². The average molecular weight is 257 g/mol. The smallest absolute Gasteiger partial charge is 0.257 e. The van der Waals surface area contributed by atoms with E-state index >= 15 is 0 Å². The molecule has 0 fully saturated rings. The van der Waals surface area contributed by atoms with Gasteiger partial charge < -0.3 is 16.0 Å². The number of carbonyl (C=O) groups is 1. The Balaban J connectivity index is 2.16. The first-order valence-corrected chi connectivity index (χ1v) is 5.91. The highest BCUT2D eigenvalue weighted by Gasteiger charge is 2.13. The Morgan fingerprint density at radius 3 is 2.84 bits per heavy atom. The number of pyridine rings is 1. The highest BCUT2D eigenvalue weighted by Crippen LogP contribution is 2.15. The normalized spacial score (nSPS) is 11.8. The third-order valence-electron chi connectivity index (χ3n) is 2.83. The number of aromatic amines is 1. The first kappa shape index (κ1) is 12.9. The minimum Gasteiger partial charge on any atom is -0.399 e. The topological polar surface area (TPSA) is 88.0 Å². The number of hydrogen-bond acceptors (Lipinski definition) is 3. The fourth-order valence-electron chi connectivity index (χ4n) is 1.78. The highest BCUT2D eigenvalue weighted by atomic mass is 16.2. The van der Waals surface area contributed by atoms with E-state index in [1.807, 2.05) is 19.1 Å². The largest absolute Gasteiger partial charge is 0.399 e. The van der Waals surface area contributed by atoms with Crippen LogP contribution in [0.25, 0.3) is 0 Å². The summed E-state index contributed by atoms with van der Waals surface area (Å²) in [5, 5.41) is 2.77. The van der Waals surface area contributed by atoms with Crippen LogP contribution in [0.3, 0.4) is 0 Å². The molecule has 0 bridgehead atoms. The second kappa shape index (κ2) is 5.39. The van der Waals surface area contributed by atoms with Crippen molar-refractivity contribution < 1.29 is 4.79 Å². The molecule has 1 atom stereocenters. The van der Waals surface area contributed by atoms with Crippen LogP contribution in [-0.2, 0) is 0 Å². The molecule has 1 amide bonds. The second-order valence-electron chi connectivity index (χ2n) is 4.29. The number of carbonyl (C=O) groups excluding carboxylic acids is 1. The monoisotopic (exact) mass is 257 g/mol. The Hall–Kier alpha value is -2.56. The van der Waals surface area contributed by atoms with Crippen LogP contribution in [0.2, 0.25) is 0 Å². The molecule has 1 aromatic heterocycles. The molecule has 0 aliphatic carbocycles. The standard InChI is InChI=1S/C14H15N3O2/c1-9(10-3-2-4-11(15)7-10)17-14(19)12-8-16-6-5-13(12)18/h2-9H,15H2,1H3,(H,16,18)(H,17,19).